The van der Waals surface area contributed by atoms with Gasteiger partial charge >= 0.3 is 0 Å². The van der Waals surface area contributed by atoms with E-state index in [4.69, 9.17) is 5.73 Å². The van der Waals surface area contributed by atoms with Crippen molar-refractivity contribution in [3.63, 3.8) is 0 Å². The second-order valence-electron chi connectivity index (χ2n) is 3.47. The molecule has 5 nitrogen and oxygen atoms in total. The SMILES string of the molecule is CS(=O)(=O)CCN=C(N)N1CCSCC1.I. The molecule has 0 unspecified atom stereocenters. The minimum Gasteiger partial charge on any atom is -0.370 e. The monoisotopic (exact) mass is 379 g/mol. The normalized spacial score (nSPS) is 18.1. The fraction of sp³-hybridized carbons (Fsp3) is 0.875. The van der Waals surface area contributed by atoms with Crippen LogP contribution in [-0.2, 0) is 9.84 Å². The van der Waals surface area contributed by atoms with E-state index in [1.54, 1.807) is 0 Å². The number of thioether (sulfide) groups is 1. The molecular formula is C8H18IN3O2S2. The Kier molecular flexibility index (Phi) is 7.73. The maximum absolute atomic E-state index is 10.9. The summed E-state index contributed by atoms with van der Waals surface area (Å²) in [6, 6.07) is 0. The van der Waals surface area contributed by atoms with Gasteiger partial charge in [0, 0.05) is 30.9 Å². The van der Waals surface area contributed by atoms with E-state index < -0.39 is 9.84 Å². The van der Waals surface area contributed by atoms with E-state index in [-0.39, 0.29) is 36.3 Å². The van der Waals surface area contributed by atoms with Gasteiger partial charge in [-0.15, -0.1) is 24.0 Å². The molecular weight excluding hydrogens is 361 g/mol. The fourth-order valence-electron chi connectivity index (χ4n) is 1.22. The Labute approximate surface area is 118 Å². The molecule has 0 aliphatic carbocycles. The first-order valence-electron chi connectivity index (χ1n) is 4.79. The first-order valence-corrected chi connectivity index (χ1v) is 8.01. The molecule has 0 aromatic rings. The van der Waals surface area contributed by atoms with E-state index in [1.807, 2.05) is 16.7 Å². The Bertz CT molecular complexity index is 326. The van der Waals surface area contributed by atoms with Crippen molar-refractivity contribution >= 4 is 51.5 Å². The summed E-state index contributed by atoms with van der Waals surface area (Å²) in [5.41, 5.74) is 5.75. The number of sulfone groups is 1. The van der Waals surface area contributed by atoms with Gasteiger partial charge in [0.25, 0.3) is 0 Å². The summed E-state index contributed by atoms with van der Waals surface area (Å²) in [4.78, 5) is 6.06. The van der Waals surface area contributed by atoms with E-state index in [0.29, 0.717) is 5.96 Å². The van der Waals surface area contributed by atoms with Gasteiger partial charge in [0.1, 0.15) is 9.84 Å². The molecule has 1 heterocycles. The predicted octanol–water partition coefficient (Wildman–Crippen LogP) is 0.0125. The second-order valence-corrected chi connectivity index (χ2v) is 6.95. The largest absolute Gasteiger partial charge is 0.370 e. The summed E-state index contributed by atoms with van der Waals surface area (Å²) >= 11 is 1.90. The number of nitrogens with zero attached hydrogens (tertiary/aromatic N) is 2. The third kappa shape index (κ3) is 6.79. The highest BCUT2D eigenvalue weighted by molar-refractivity contribution is 14.0. The molecule has 0 atom stereocenters. The number of hydrogen-bond donors (Lipinski definition) is 1. The van der Waals surface area contributed by atoms with Gasteiger partial charge in [-0.1, -0.05) is 0 Å². The molecule has 8 heteroatoms. The van der Waals surface area contributed by atoms with Crippen molar-refractivity contribution in [3.05, 3.63) is 0 Å². The van der Waals surface area contributed by atoms with Crippen molar-refractivity contribution in [2.24, 2.45) is 10.7 Å². The maximum Gasteiger partial charge on any atom is 0.191 e. The average Bonchev–Trinajstić information content (AvgIpc) is 2.17. The molecule has 1 aliphatic heterocycles. The summed E-state index contributed by atoms with van der Waals surface area (Å²) in [5, 5.41) is 0. The number of aliphatic imine (C=N–C) groups is 1. The van der Waals surface area contributed by atoms with Gasteiger partial charge in [-0.25, -0.2) is 8.42 Å². The first-order chi connectivity index (χ1) is 6.99. The van der Waals surface area contributed by atoms with Gasteiger partial charge in [-0.3, -0.25) is 4.99 Å². The lowest BCUT2D eigenvalue weighted by atomic mass is 10.5. The highest BCUT2D eigenvalue weighted by atomic mass is 127. The van der Waals surface area contributed by atoms with Crippen LogP contribution in [-0.4, -0.2) is 62.4 Å². The Morgan fingerprint density at radius 3 is 2.50 bits per heavy atom. The van der Waals surface area contributed by atoms with Crippen LogP contribution in [0.2, 0.25) is 0 Å². The quantitative estimate of drug-likeness (QED) is 0.425. The van der Waals surface area contributed by atoms with Crippen molar-refractivity contribution < 1.29 is 8.42 Å². The van der Waals surface area contributed by atoms with E-state index in [1.165, 1.54) is 6.26 Å². The van der Waals surface area contributed by atoms with Crippen LogP contribution < -0.4 is 5.73 Å². The molecule has 1 aliphatic rings. The minimum absolute atomic E-state index is 0. The standard InChI is InChI=1S/C8H17N3O2S2.HI/c1-15(12,13)7-2-10-8(9)11-3-5-14-6-4-11;/h2-7H2,1H3,(H2,9,10);1H. The highest BCUT2D eigenvalue weighted by Crippen LogP contribution is 2.08. The maximum atomic E-state index is 10.9. The van der Waals surface area contributed by atoms with Gasteiger partial charge in [-0.05, 0) is 0 Å². The molecule has 0 bridgehead atoms. The third-order valence-corrected chi connectivity index (χ3v) is 3.94. The summed E-state index contributed by atoms with van der Waals surface area (Å²) in [7, 11) is -2.94. The van der Waals surface area contributed by atoms with Gasteiger partial charge in [0.15, 0.2) is 5.96 Å². The molecule has 2 N–H and O–H groups in total. The van der Waals surface area contributed by atoms with Crippen LogP contribution in [0.1, 0.15) is 0 Å². The average molecular weight is 379 g/mol. The number of guanidine groups is 1. The lowest BCUT2D eigenvalue weighted by molar-refractivity contribution is 0.456. The molecule has 96 valence electrons. The highest BCUT2D eigenvalue weighted by Gasteiger charge is 2.12. The van der Waals surface area contributed by atoms with Crippen LogP contribution in [0.5, 0.6) is 0 Å². The summed E-state index contributed by atoms with van der Waals surface area (Å²) < 4.78 is 21.7. The van der Waals surface area contributed by atoms with Crippen molar-refractivity contribution in [2.45, 2.75) is 0 Å². The fourth-order valence-corrected chi connectivity index (χ4v) is 2.54. The van der Waals surface area contributed by atoms with Crippen molar-refractivity contribution in [1.29, 1.82) is 0 Å². The van der Waals surface area contributed by atoms with E-state index >= 15 is 0 Å². The minimum atomic E-state index is -2.94. The number of halogens is 1. The zero-order valence-corrected chi connectivity index (χ0v) is 13.2. The predicted molar refractivity (Wildman–Crippen MR) is 80.5 cm³/mol. The number of nitrogens with two attached hydrogens (primary N) is 1. The Morgan fingerprint density at radius 2 is 2.00 bits per heavy atom. The smallest absolute Gasteiger partial charge is 0.191 e. The number of hydrogen-bond acceptors (Lipinski definition) is 4. The van der Waals surface area contributed by atoms with E-state index in [2.05, 4.69) is 4.99 Å². The molecule has 1 fully saturated rings. The third-order valence-electron chi connectivity index (χ3n) is 2.07. The molecule has 0 saturated carbocycles. The zero-order valence-electron chi connectivity index (χ0n) is 9.26. The molecule has 1 saturated heterocycles. The van der Waals surface area contributed by atoms with Gasteiger partial charge in [-0.2, -0.15) is 11.8 Å². The van der Waals surface area contributed by atoms with Gasteiger partial charge in [0.2, 0.25) is 0 Å². The molecule has 0 radical (unpaired) electrons. The van der Waals surface area contributed by atoms with Crippen LogP contribution >= 0.6 is 35.7 Å². The van der Waals surface area contributed by atoms with E-state index in [9.17, 15) is 8.42 Å². The summed E-state index contributed by atoms with van der Waals surface area (Å²) in [6.07, 6.45) is 1.20. The lowest BCUT2D eigenvalue weighted by Crippen LogP contribution is -2.42. The van der Waals surface area contributed by atoms with Crippen LogP contribution in [0.3, 0.4) is 0 Å². The summed E-state index contributed by atoms with van der Waals surface area (Å²) in [6.45, 7) is 2.06. The van der Waals surface area contributed by atoms with Crippen LogP contribution in [0.4, 0.5) is 0 Å². The van der Waals surface area contributed by atoms with Crippen LogP contribution in [0.15, 0.2) is 4.99 Å². The van der Waals surface area contributed by atoms with Crippen LogP contribution in [0.25, 0.3) is 0 Å². The Balaban J connectivity index is 0.00000225. The lowest BCUT2D eigenvalue weighted by Gasteiger charge is -2.27. The molecule has 16 heavy (non-hydrogen) atoms. The second kappa shape index (κ2) is 7.59. The van der Waals surface area contributed by atoms with Gasteiger partial charge in [0.05, 0.1) is 12.3 Å². The van der Waals surface area contributed by atoms with Crippen LogP contribution in [0, 0.1) is 0 Å². The van der Waals surface area contributed by atoms with Crippen molar-refractivity contribution in [1.82, 2.24) is 4.90 Å². The van der Waals surface area contributed by atoms with Crippen molar-refractivity contribution in [2.75, 3.05) is 43.1 Å². The molecule has 0 amide bonds. The summed E-state index contributed by atoms with van der Waals surface area (Å²) in [5.74, 6) is 2.65. The molecule has 1 rings (SSSR count). The Morgan fingerprint density at radius 1 is 1.44 bits per heavy atom. The number of rotatable bonds is 3. The topological polar surface area (TPSA) is 75.8 Å². The van der Waals surface area contributed by atoms with E-state index in [0.717, 1.165) is 24.6 Å². The van der Waals surface area contributed by atoms with Gasteiger partial charge < -0.3 is 10.6 Å². The zero-order chi connectivity index (χ0) is 11.3. The molecule has 0 aromatic carbocycles. The molecule has 0 spiro atoms. The van der Waals surface area contributed by atoms with Crippen molar-refractivity contribution in [3.8, 4) is 0 Å². The Hall–Kier alpha value is 0.300. The molecule has 0 aromatic heterocycles. The first kappa shape index (κ1) is 16.3.